The van der Waals surface area contributed by atoms with Crippen molar-refractivity contribution in [3.63, 3.8) is 0 Å². The Morgan fingerprint density at radius 3 is 2.10 bits per heavy atom. The fourth-order valence-corrected chi connectivity index (χ4v) is 3.20. The van der Waals surface area contributed by atoms with Crippen LogP contribution in [0.4, 0.5) is 10.1 Å². The first kappa shape index (κ1) is 19.3. The van der Waals surface area contributed by atoms with E-state index in [1.54, 1.807) is 6.07 Å². The predicted molar refractivity (Wildman–Crippen MR) is 110 cm³/mol. The van der Waals surface area contributed by atoms with E-state index < -0.39 is 29.9 Å². The van der Waals surface area contributed by atoms with E-state index in [9.17, 15) is 14.0 Å². The Morgan fingerprint density at radius 1 is 0.933 bits per heavy atom. The number of benzene rings is 3. The number of carbonyl (C=O) groups excluding carboxylic acids is 1. The third-order valence-electron chi connectivity index (χ3n) is 4.58. The summed E-state index contributed by atoms with van der Waals surface area (Å²) in [4.78, 5) is 24.6. The van der Waals surface area contributed by atoms with Gasteiger partial charge in [0.1, 0.15) is 12.4 Å². The molecule has 0 aliphatic heterocycles. The summed E-state index contributed by atoms with van der Waals surface area (Å²) in [5.74, 6) is -2.14. The van der Waals surface area contributed by atoms with Gasteiger partial charge in [-0.25, -0.2) is 9.18 Å². The van der Waals surface area contributed by atoms with Crippen LogP contribution in [0.5, 0.6) is 0 Å². The number of amides is 1. The highest BCUT2D eigenvalue weighted by Gasteiger charge is 2.24. The van der Waals surface area contributed by atoms with Gasteiger partial charge < -0.3 is 9.73 Å². The molecule has 1 amide bonds. The summed E-state index contributed by atoms with van der Waals surface area (Å²) in [6.45, 7) is -0.396. The monoisotopic (exact) mass is 403 g/mol. The molecule has 0 fully saturated rings. The lowest BCUT2D eigenvalue weighted by atomic mass is 9.91. The van der Waals surface area contributed by atoms with Gasteiger partial charge in [0.25, 0.3) is 0 Å². The average molecular weight is 403 g/mol. The zero-order valence-corrected chi connectivity index (χ0v) is 15.9. The number of hydrogen-bond donors (Lipinski definition) is 1. The molecule has 0 unspecified atom stereocenters. The smallest absolute Gasteiger partial charge is 0.391 e. The number of aromatic nitrogens is 2. The molecular formula is C23H18FN3O3. The molecule has 0 spiro atoms. The summed E-state index contributed by atoms with van der Waals surface area (Å²) in [5.41, 5.74) is 1.83. The van der Waals surface area contributed by atoms with Crippen LogP contribution in [0.1, 0.15) is 22.9 Å². The van der Waals surface area contributed by atoms with Crippen LogP contribution >= 0.6 is 0 Å². The van der Waals surface area contributed by atoms with E-state index in [1.165, 1.54) is 18.2 Å². The van der Waals surface area contributed by atoms with Crippen molar-refractivity contribution in [1.82, 2.24) is 9.78 Å². The predicted octanol–water partition coefficient (Wildman–Crippen LogP) is 3.79. The van der Waals surface area contributed by atoms with Crippen LogP contribution in [0.15, 0.2) is 94.1 Å². The second-order valence-corrected chi connectivity index (χ2v) is 6.65. The van der Waals surface area contributed by atoms with Gasteiger partial charge in [-0.15, -0.1) is 5.10 Å². The molecule has 7 heteroatoms. The molecule has 150 valence electrons. The Labute approximate surface area is 171 Å². The average Bonchev–Trinajstić information content (AvgIpc) is 3.11. The molecule has 0 aliphatic carbocycles. The van der Waals surface area contributed by atoms with Crippen molar-refractivity contribution in [2.75, 3.05) is 5.32 Å². The van der Waals surface area contributed by atoms with Gasteiger partial charge in [-0.2, -0.15) is 4.68 Å². The molecule has 4 rings (SSSR count). The van der Waals surface area contributed by atoms with E-state index in [4.69, 9.17) is 4.42 Å². The van der Waals surface area contributed by atoms with Crippen molar-refractivity contribution in [1.29, 1.82) is 0 Å². The fourth-order valence-electron chi connectivity index (χ4n) is 3.20. The van der Waals surface area contributed by atoms with Crippen LogP contribution in [-0.4, -0.2) is 15.7 Å². The lowest BCUT2D eigenvalue weighted by Gasteiger charge is -2.13. The lowest BCUT2D eigenvalue weighted by Crippen LogP contribution is -2.26. The normalized spacial score (nSPS) is 10.9. The van der Waals surface area contributed by atoms with Gasteiger partial charge in [0, 0.05) is 0 Å². The zero-order chi connectivity index (χ0) is 20.9. The van der Waals surface area contributed by atoms with Gasteiger partial charge in [-0.3, -0.25) is 4.79 Å². The first-order chi connectivity index (χ1) is 14.6. The minimum absolute atomic E-state index is 0.0331. The Morgan fingerprint density at radius 2 is 1.50 bits per heavy atom. The molecule has 0 saturated heterocycles. The molecule has 1 aromatic heterocycles. The van der Waals surface area contributed by atoms with Crippen molar-refractivity contribution in [2.45, 2.75) is 12.5 Å². The molecular weight excluding hydrogens is 385 g/mol. The lowest BCUT2D eigenvalue weighted by molar-refractivity contribution is -0.117. The van der Waals surface area contributed by atoms with E-state index >= 15 is 0 Å². The highest BCUT2D eigenvalue weighted by Crippen LogP contribution is 2.29. The van der Waals surface area contributed by atoms with Crippen LogP contribution in [0.2, 0.25) is 0 Å². The number of nitrogens with one attached hydrogen (secondary N) is 1. The quantitative estimate of drug-likeness (QED) is 0.531. The van der Waals surface area contributed by atoms with Crippen LogP contribution in [0, 0.1) is 5.82 Å². The van der Waals surface area contributed by atoms with Crippen molar-refractivity contribution >= 4 is 11.6 Å². The highest BCUT2D eigenvalue weighted by molar-refractivity contribution is 5.90. The third-order valence-corrected chi connectivity index (χ3v) is 4.58. The van der Waals surface area contributed by atoms with Gasteiger partial charge in [-0.1, -0.05) is 72.8 Å². The first-order valence-electron chi connectivity index (χ1n) is 9.34. The number of nitrogens with zero attached hydrogens (tertiary/aromatic N) is 2. The summed E-state index contributed by atoms with van der Waals surface area (Å²) in [6, 6.07) is 24.8. The Hall–Kier alpha value is -4.00. The van der Waals surface area contributed by atoms with Crippen LogP contribution in [0.3, 0.4) is 0 Å². The molecule has 0 saturated carbocycles. The number of anilines is 1. The third kappa shape index (κ3) is 4.20. The fraction of sp³-hybridized carbons (Fsp3) is 0.0870. The molecule has 0 bridgehead atoms. The molecule has 0 radical (unpaired) electrons. The molecule has 1 heterocycles. The maximum Gasteiger partial charge on any atom is 0.437 e. The Balaban J connectivity index is 1.62. The summed E-state index contributed by atoms with van der Waals surface area (Å²) in [6.07, 6.45) is 0. The van der Waals surface area contributed by atoms with Crippen molar-refractivity contribution in [3.05, 3.63) is 118 Å². The maximum absolute atomic E-state index is 13.7. The van der Waals surface area contributed by atoms with E-state index in [0.29, 0.717) is 0 Å². The summed E-state index contributed by atoms with van der Waals surface area (Å²) >= 11 is 0. The molecule has 1 N–H and O–H groups in total. The van der Waals surface area contributed by atoms with E-state index in [1.807, 2.05) is 60.7 Å². The van der Waals surface area contributed by atoms with Gasteiger partial charge in [0.15, 0.2) is 0 Å². The minimum Gasteiger partial charge on any atom is -0.391 e. The SMILES string of the molecule is O=C(Cn1nc(C(c2ccccc2)c2ccccc2)oc1=O)Nc1ccccc1F. The second kappa shape index (κ2) is 8.57. The number of hydrogen-bond acceptors (Lipinski definition) is 4. The number of rotatable bonds is 6. The van der Waals surface area contributed by atoms with Crippen molar-refractivity contribution in [2.24, 2.45) is 0 Å². The Bertz CT molecular complexity index is 1160. The van der Waals surface area contributed by atoms with E-state index in [0.717, 1.165) is 15.8 Å². The topological polar surface area (TPSA) is 77.1 Å². The molecule has 30 heavy (non-hydrogen) atoms. The maximum atomic E-state index is 13.7. The number of halogens is 1. The van der Waals surface area contributed by atoms with Gasteiger partial charge in [-0.05, 0) is 23.3 Å². The van der Waals surface area contributed by atoms with Gasteiger partial charge in [0.05, 0.1) is 11.6 Å². The standard InChI is InChI=1S/C23H18FN3O3/c24-18-13-7-8-14-19(18)25-20(28)15-27-23(29)30-22(26-27)21(16-9-3-1-4-10-16)17-11-5-2-6-12-17/h1-14,21H,15H2,(H,25,28). The summed E-state index contributed by atoms with van der Waals surface area (Å²) in [5, 5.41) is 6.68. The van der Waals surface area contributed by atoms with Gasteiger partial charge in [0.2, 0.25) is 11.8 Å². The summed E-state index contributed by atoms with van der Waals surface area (Å²) in [7, 11) is 0. The first-order valence-corrected chi connectivity index (χ1v) is 9.34. The molecule has 0 aliphatic rings. The van der Waals surface area contributed by atoms with Crippen LogP contribution < -0.4 is 11.1 Å². The largest absolute Gasteiger partial charge is 0.437 e. The number of para-hydroxylation sites is 1. The zero-order valence-electron chi connectivity index (χ0n) is 15.9. The Kier molecular flexibility index (Phi) is 5.52. The van der Waals surface area contributed by atoms with Gasteiger partial charge >= 0.3 is 5.76 Å². The number of carbonyl (C=O) groups is 1. The summed E-state index contributed by atoms with van der Waals surface area (Å²) < 4.78 is 20.1. The van der Waals surface area contributed by atoms with Crippen LogP contribution in [0.25, 0.3) is 0 Å². The van der Waals surface area contributed by atoms with Crippen molar-refractivity contribution < 1.29 is 13.6 Å². The molecule has 0 atom stereocenters. The minimum atomic E-state index is -0.759. The molecule has 6 nitrogen and oxygen atoms in total. The van der Waals surface area contributed by atoms with Crippen LogP contribution in [-0.2, 0) is 11.3 Å². The second-order valence-electron chi connectivity index (χ2n) is 6.65. The highest BCUT2D eigenvalue weighted by atomic mass is 19.1. The van der Waals surface area contributed by atoms with Crippen molar-refractivity contribution in [3.8, 4) is 0 Å². The molecule has 3 aromatic carbocycles. The van der Waals surface area contributed by atoms with E-state index in [2.05, 4.69) is 10.4 Å². The van der Waals surface area contributed by atoms with E-state index in [-0.39, 0.29) is 11.6 Å². The molecule has 4 aromatic rings.